The summed E-state index contributed by atoms with van der Waals surface area (Å²) in [6.45, 7) is 0. The fraction of sp³-hybridized carbons (Fsp3) is 0.0526. The molecule has 24 heavy (non-hydrogen) atoms. The molecule has 0 aliphatic carbocycles. The van der Waals surface area contributed by atoms with E-state index in [2.05, 4.69) is 10.3 Å². The van der Waals surface area contributed by atoms with Crippen LogP contribution < -0.4 is 10.2 Å². The normalized spacial score (nSPS) is 10.2. The van der Waals surface area contributed by atoms with Crippen molar-refractivity contribution in [2.24, 2.45) is 0 Å². The van der Waals surface area contributed by atoms with Crippen LogP contribution in [0.1, 0.15) is 10.5 Å². The maximum atomic E-state index is 13.6. The van der Waals surface area contributed by atoms with E-state index in [1.165, 1.54) is 12.1 Å². The minimum absolute atomic E-state index is 0.134. The average Bonchev–Trinajstić information content (AvgIpc) is 2.64. The highest BCUT2D eigenvalue weighted by atomic mass is 19.1. The summed E-state index contributed by atoms with van der Waals surface area (Å²) in [5, 5.41) is 2.52. The Bertz CT molecular complexity index is 835. The smallest absolute Gasteiger partial charge is 0.274 e. The van der Waals surface area contributed by atoms with Crippen LogP contribution in [0, 0.1) is 5.82 Å². The van der Waals surface area contributed by atoms with Crippen molar-refractivity contribution in [3.05, 3.63) is 84.4 Å². The Morgan fingerprint density at radius 2 is 1.67 bits per heavy atom. The SMILES string of the molecule is CN(c1ccccc1)c1ccc(C(=O)Nc2ccccc2F)nc1. The highest BCUT2D eigenvalue weighted by Crippen LogP contribution is 2.22. The molecule has 0 bridgehead atoms. The Hall–Kier alpha value is -3.21. The van der Waals surface area contributed by atoms with Gasteiger partial charge in [-0.1, -0.05) is 30.3 Å². The van der Waals surface area contributed by atoms with Crippen LogP contribution in [-0.4, -0.2) is 17.9 Å². The predicted molar refractivity (Wildman–Crippen MR) is 93.1 cm³/mol. The third kappa shape index (κ3) is 3.41. The summed E-state index contributed by atoms with van der Waals surface area (Å²) in [6.07, 6.45) is 1.61. The number of nitrogens with one attached hydrogen (secondary N) is 1. The molecule has 2 aromatic carbocycles. The molecule has 0 aliphatic heterocycles. The third-order valence-electron chi connectivity index (χ3n) is 3.63. The minimum Gasteiger partial charge on any atom is -0.343 e. The van der Waals surface area contributed by atoms with Crippen LogP contribution in [0.3, 0.4) is 0 Å². The molecule has 3 rings (SSSR count). The van der Waals surface area contributed by atoms with Gasteiger partial charge in [-0.3, -0.25) is 4.79 Å². The van der Waals surface area contributed by atoms with E-state index < -0.39 is 11.7 Å². The van der Waals surface area contributed by atoms with Crippen molar-refractivity contribution in [3.8, 4) is 0 Å². The van der Waals surface area contributed by atoms with Crippen LogP contribution in [-0.2, 0) is 0 Å². The van der Waals surface area contributed by atoms with Gasteiger partial charge in [0.25, 0.3) is 5.91 Å². The molecule has 0 saturated carbocycles. The molecule has 1 amide bonds. The summed E-state index contributed by atoms with van der Waals surface area (Å²) in [7, 11) is 1.92. The average molecular weight is 321 g/mol. The monoisotopic (exact) mass is 321 g/mol. The van der Waals surface area contributed by atoms with Gasteiger partial charge >= 0.3 is 0 Å². The predicted octanol–water partition coefficient (Wildman–Crippen LogP) is 4.24. The van der Waals surface area contributed by atoms with Crippen molar-refractivity contribution in [1.82, 2.24) is 4.98 Å². The van der Waals surface area contributed by atoms with Crippen molar-refractivity contribution < 1.29 is 9.18 Å². The topological polar surface area (TPSA) is 45.2 Å². The second-order valence-electron chi connectivity index (χ2n) is 5.23. The number of halogens is 1. The molecule has 0 fully saturated rings. The largest absolute Gasteiger partial charge is 0.343 e. The number of carbonyl (C=O) groups is 1. The van der Waals surface area contributed by atoms with Gasteiger partial charge in [0.1, 0.15) is 11.5 Å². The molecule has 120 valence electrons. The number of amides is 1. The molecule has 5 heteroatoms. The molecule has 1 heterocycles. The number of anilines is 3. The number of hydrogen-bond donors (Lipinski definition) is 1. The molecule has 0 spiro atoms. The quantitative estimate of drug-likeness (QED) is 0.782. The van der Waals surface area contributed by atoms with Crippen LogP contribution in [0.4, 0.5) is 21.5 Å². The van der Waals surface area contributed by atoms with Crippen LogP contribution in [0.2, 0.25) is 0 Å². The first kappa shape index (κ1) is 15.7. The number of pyridine rings is 1. The molecule has 0 unspecified atom stereocenters. The summed E-state index contributed by atoms with van der Waals surface area (Å²) < 4.78 is 13.6. The van der Waals surface area contributed by atoms with Crippen molar-refractivity contribution in [2.45, 2.75) is 0 Å². The first-order valence-corrected chi connectivity index (χ1v) is 7.46. The van der Waals surface area contributed by atoms with Gasteiger partial charge < -0.3 is 10.2 Å². The van der Waals surface area contributed by atoms with E-state index >= 15 is 0 Å². The van der Waals surface area contributed by atoms with Gasteiger partial charge in [-0.25, -0.2) is 9.37 Å². The first-order chi connectivity index (χ1) is 11.6. The summed E-state index contributed by atoms with van der Waals surface area (Å²) in [5.41, 5.74) is 2.23. The molecule has 1 aromatic heterocycles. The molecule has 0 saturated heterocycles. The van der Waals surface area contributed by atoms with Crippen LogP contribution >= 0.6 is 0 Å². The standard InChI is InChI=1S/C19H16FN3O/c1-23(14-7-3-2-4-8-14)15-11-12-18(21-13-15)19(24)22-17-10-6-5-9-16(17)20/h2-13H,1H3,(H,22,24). The lowest BCUT2D eigenvalue weighted by molar-refractivity contribution is 0.102. The van der Waals surface area contributed by atoms with E-state index in [-0.39, 0.29) is 11.4 Å². The maximum Gasteiger partial charge on any atom is 0.274 e. The lowest BCUT2D eigenvalue weighted by atomic mass is 10.2. The number of rotatable bonds is 4. The van der Waals surface area contributed by atoms with Gasteiger partial charge in [0, 0.05) is 12.7 Å². The van der Waals surface area contributed by atoms with Gasteiger partial charge in [0.05, 0.1) is 17.6 Å². The summed E-state index contributed by atoms with van der Waals surface area (Å²) in [4.78, 5) is 18.3. The van der Waals surface area contributed by atoms with E-state index in [4.69, 9.17) is 0 Å². The highest BCUT2D eigenvalue weighted by molar-refractivity contribution is 6.03. The zero-order valence-electron chi connectivity index (χ0n) is 13.1. The maximum absolute atomic E-state index is 13.6. The highest BCUT2D eigenvalue weighted by Gasteiger charge is 2.11. The van der Waals surface area contributed by atoms with Crippen LogP contribution in [0.5, 0.6) is 0 Å². The second-order valence-corrected chi connectivity index (χ2v) is 5.23. The van der Waals surface area contributed by atoms with Gasteiger partial charge in [0.2, 0.25) is 0 Å². The van der Waals surface area contributed by atoms with Gasteiger partial charge in [-0.05, 0) is 36.4 Å². The van der Waals surface area contributed by atoms with E-state index in [1.54, 1.807) is 30.5 Å². The Labute approximate surface area is 139 Å². The summed E-state index contributed by atoms with van der Waals surface area (Å²) >= 11 is 0. The number of carbonyl (C=O) groups excluding carboxylic acids is 1. The zero-order valence-corrected chi connectivity index (χ0v) is 13.1. The van der Waals surface area contributed by atoms with Crippen molar-refractivity contribution in [1.29, 1.82) is 0 Å². The Morgan fingerprint density at radius 1 is 0.958 bits per heavy atom. The van der Waals surface area contributed by atoms with Gasteiger partial charge in [-0.2, -0.15) is 0 Å². The van der Waals surface area contributed by atoms with E-state index in [0.29, 0.717) is 0 Å². The third-order valence-corrected chi connectivity index (χ3v) is 3.63. The summed E-state index contributed by atoms with van der Waals surface area (Å²) in [6, 6.07) is 19.3. The van der Waals surface area contributed by atoms with Crippen LogP contribution in [0.15, 0.2) is 72.9 Å². The molecular formula is C19H16FN3O. The number of aromatic nitrogens is 1. The number of para-hydroxylation sites is 2. The molecule has 4 nitrogen and oxygen atoms in total. The lowest BCUT2D eigenvalue weighted by Crippen LogP contribution is -2.15. The van der Waals surface area contributed by atoms with Gasteiger partial charge in [-0.15, -0.1) is 0 Å². The second kappa shape index (κ2) is 6.91. The first-order valence-electron chi connectivity index (χ1n) is 7.46. The molecule has 0 aliphatic rings. The molecule has 1 N–H and O–H groups in total. The lowest BCUT2D eigenvalue weighted by Gasteiger charge is -2.19. The zero-order chi connectivity index (χ0) is 16.9. The van der Waals surface area contributed by atoms with E-state index in [9.17, 15) is 9.18 Å². The van der Waals surface area contributed by atoms with E-state index in [0.717, 1.165) is 11.4 Å². The van der Waals surface area contributed by atoms with Crippen molar-refractivity contribution in [2.75, 3.05) is 17.3 Å². The summed E-state index contributed by atoms with van der Waals surface area (Å²) in [5.74, 6) is -0.930. The Morgan fingerprint density at radius 3 is 2.33 bits per heavy atom. The number of nitrogens with zero attached hydrogens (tertiary/aromatic N) is 2. The fourth-order valence-electron chi connectivity index (χ4n) is 2.27. The minimum atomic E-state index is -0.480. The Kier molecular flexibility index (Phi) is 4.52. The van der Waals surface area contributed by atoms with Gasteiger partial charge in [0.15, 0.2) is 0 Å². The number of benzene rings is 2. The van der Waals surface area contributed by atoms with Crippen molar-refractivity contribution >= 4 is 23.0 Å². The molecule has 0 radical (unpaired) electrons. The number of hydrogen-bond acceptors (Lipinski definition) is 3. The van der Waals surface area contributed by atoms with Crippen molar-refractivity contribution in [3.63, 3.8) is 0 Å². The van der Waals surface area contributed by atoms with E-state index in [1.807, 2.05) is 42.3 Å². The molecule has 0 atom stereocenters. The van der Waals surface area contributed by atoms with Crippen LogP contribution in [0.25, 0.3) is 0 Å². The Balaban J connectivity index is 1.75. The fourth-order valence-corrected chi connectivity index (χ4v) is 2.27. The molecular weight excluding hydrogens is 305 g/mol. The molecule has 3 aromatic rings.